The Morgan fingerprint density at radius 2 is 1.84 bits per heavy atom. The predicted molar refractivity (Wildman–Crippen MR) is 120 cm³/mol. The van der Waals surface area contributed by atoms with Crippen LogP contribution in [0.15, 0.2) is 48.5 Å². The number of amides is 3. The molecule has 4 rings (SSSR count). The number of benzene rings is 2. The van der Waals surface area contributed by atoms with Gasteiger partial charge in [0.05, 0.1) is 11.3 Å². The van der Waals surface area contributed by atoms with Crippen LogP contribution in [0.4, 0.5) is 11.4 Å². The van der Waals surface area contributed by atoms with Gasteiger partial charge < -0.3 is 19.6 Å². The van der Waals surface area contributed by atoms with Crippen molar-refractivity contribution in [3.8, 4) is 0 Å². The van der Waals surface area contributed by atoms with E-state index in [0.717, 1.165) is 12.2 Å². The Bertz CT molecular complexity index is 1020. The first-order chi connectivity index (χ1) is 14.8. The number of hydrogen-bond acceptors (Lipinski definition) is 4. The van der Waals surface area contributed by atoms with E-state index in [1.165, 1.54) is 15.4 Å². The molecular weight excluding hydrogens is 392 g/mol. The van der Waals surface area contributed by atoms with Gasteiger partial charge in [-0.2, -0.15) is 0 Å². The second kappa shape index (κ2) is 8.41. The Morgan fingerprint density at radius 1 is 1.06 bits per heavy atom. The molecule has 0 saturated carbocycles. The molecule has 0 N–H and O–H groups in total. The van der Waals surface area contributed by atoms with Crippen LogP contribution in [0.25, 0.3) is 0 Å². The van der Waals surface area contributed by atoms with Gasteiger partial charge in [-0.1, -0.05) is 24.3 Å². The lowest BCUT2D eigenvalue weighted by molar-refractivity contribution is -0.132. The van der Waals surface area contributed by atoms with E-state index >= 15 is 0 Å². The van der Waals surface area contributed by atoms with E-state index in [1.54, 1.807) is 31.3 Å². The minimum atomic E-state index is -0.249. The lowest BCUT2D eigenvalue weighted by atomic mass is 10.1. The summed E-state index contributed by atoms with van der Waals surface area (Å²) in [6, 6.07) is 15.5. The van der Waals surface area contributed by atoms with E-state index in [0.29, 0.717) is 24.3 Å². The standard InChI is InChI=1S/C24H28N4O3/c1-17-7-6-8-19(13-17)27-12-11-26(14-18(27)2)22(29)16-28-21-10-5-4-9-20(21)24(31)25(3)15-23(28)30/h4-10,13,18H,11-12,14-16H2,1-3H3/t18-/m1/s1. The topological polar surface area (TPSA) is 64.2 Å². The highest BCUT2D eigenvalue weighted by Gasteiger charge is 2.33. The molecule has 0 radical (unpaired) electrons. The van der Waals surface area contributed by atoms with Crippen LogP contribution in [-0.4, -0.2) is 73.3 Å². The summed E-state index contributed by atoms with van der Waals surface area (Å²) in [6.07, 6.45) is 0. The van der Waals surface area contributed by atoms with Gasteiger partial charge in [0.2, 0.25) is 11.8 Å². The zero-order valence-electron chi connectivity index (χ0n) is 18.2. The van der Waals surface area contributed by atoms with Gasteiger partial charge >= 0.3 is 0 Å². The summed E-state index contributed by atoms with van der Waals surface area (Å²) < 4.78 is 0. The Balaban J connectivity index is 1.49. The number of carbonyl (C=O) groups is 3. The van der Waals surface area contributed by atoms with E-state index in [2.05, 4.69) is 43.0 Å². The SMILES string of the molecule is Cc1cccc(N2CCN(C(=O)CN3C(=O)CN(C)C(=O)c4ccccc43)C[C@H]2C)c1. The molecule has 7 nitrogen and oxygen atoms in total. The van der Waals surface area contributed by atoms with Crippen LogP contribution in [0.2, 0.25) is 0 Å². The summed E-state index contributed by atoms with van der Waals surface area (Å²) >= 11 is 0. The third kappa shape index (κ3) is 4.13. The van der Waals surface area contributed by atoms with Gasteiger partial charge in [-0.3, -0.25) is 14.4 Å². The highest BCUT2D eigenvalue weighted by molar-refractivity contribution is 6.11. The van der Waals surface area contributed by atoms with E-state index in [-0.39, 0.29) is 36.9 Å². The Labute approximate surface area is 182 Å². The Morgan fingerprint density at radius 3 is 2.58 bits per heavy atom. The van der Waals surface area contributed by atoms with E-state index in [4.69, 9.17) is 0 Å². The molecule has 0 spiro atoms. The molecule has 31 heavy (non-hydrogen) atoms. The van der Waals surface area contributed by atoms with Gasteiger partial charge in [0.25, 0.3) is 5.91 Å². The lowest BCUT2D eigenvalue weighted by Gasteiger charge is -2.42. The zero-order valence-corrected chi connectivity index (χ0v) is 18.2. The molecular formula is C24H28N4O3. The minimum absolute atomic E-state index is 0.0433. The zero-order chi connectivity index (χ0) is 22.1. The van der Waals surface area contributed by atoms with Crippen LogP contribution in [0, 0.1) is 6.92 Å². The first-order valence-corrected chi connectivity index (χ1v) is 10.6. The summed E-state index contributed by atoms with van der Waals surface area (Å²) in [4.78, 5) is 45.6. The second-order valence-corrected chi connectivity index (χ2v) is 8.38. The lowest BCUT2D eigenvalue weighted by Crippen LogP contribution is -2.56. The number of hydrogen-bond donors (Lipinski definition) is 0. The molecule has 2 aromatic carbocycles. The average molecular weight is 421 g/mol. The fraction of sp³-hybridized carbons (Fsp3) is 0.375. The third-order valence-corrected chi connectivity index (χ3v) is 6.05. The van der Waals surface area contributed by atoms with Gasteiger partial charge in [-0.05, 0) is 43.7 Å². The van der Waals surface area contributed by atoms with Gasteiger partial charge in [0.15, 0.2) is 0 Å². The molecule has 0 aliphatic carbocycles. The largest absolute Gasteiger partial charge is 0.365 e. The fourth-order valence-electron chi connectivity index (χ4n) is 4.37. The van der Waals surface area contributed by atoms with Crippen molar-refractivity contribution < 1.29 is 14.4 Å². The smallest absolute Gasteiger partial charge is 0.256 e. The summed E-state index contributed by atoms with van der Waals surface area (Å²) in [5.41, 5.74) is 3.32. The Hall–Kier alpha value is -3.35. The molecule has 162 valence electrons. The summed E-state index contributed by atoms with van der Waals surface area (Å²) in [5.74, 6) is -0.559. The van der Waals surface area contributed by atoms with Gasteiger partial charge in [-0.25, -0.2) is 0 Å². The summed E-state index contributed by atoms with van der Waals surface area (Å²) in [5, 5.41) is 0. The maximum Gasteiger partial charge on any atom is 0.256 e. The average Bonchev–Trinajstić information content (AvgIpc) is 2.84. The van der Waals surface area contributed by atoms with Crippen molar-refractivity contribution in [3.63, 3.8) is 0 Å². The molecule has 7 heteroatoms. The van der Waals surface area contributed by atoms with Gasteiger partial charge in [0.1, 0.15) is 13.1 Å². The number of aryl methyl sites for hydroxylation is 1. The first kappa shape index (κ1) is 20.9. The molecule has 0 aromatic heterocycles. The van der Waals surface area contributed by atoms with Crippen molar-refractivity contribution in [2.45, 2.75) is 19.9 Å². The molecule has 1 atom stereocenters. The van der Waals surface area contributed by atoms with Crippen molar-refractivity contribution in [1.29, 1.82) is 0 Å². The highest BCUT2D eigenvalue weighted by atomic mass is 16.2. The predicted octanol–water partition coefficient (Wildman–Crippen LogP) is 2.15. The maximum atomic E-state index is 13.2. The van der Waals surface area contributed by atoms with Crippen LogP contribution in [-0.2, 0) is 9.59 Å². The molecule has 0 bridgehead atoms. The molecule has 2 aliphatic rings. The van der Waals surface area contributed by atoms with Gasteiger partial charge in [-0.15, -0.1) is 0 Å². The first-order valence-electron chi connectivity index (χ1n) is 10.6. The second-order valence-electron chi connectivity index (χ2n) is 8.38. The molecule has 1 saturated heterocycles. The van der Waals surface area contributed by atoms with Crippen molar-refractivity contribution >= 4 is 29.1 Å². The normalized spacial score (nSPS) is 19.4. The summed E-state index contributed by atoms with van der Waals surface area (Å²) in [7, 11) is 1.61. The number of anilines is 2. The monoisotopic (exact) mass is 420 g/mol. The molecule has 2 heterocycles. The van der Waals surface area contributed by atoms with Crippen molar-refractivity contribution in [1.82, 2.24) is 9.80 Å². The maximum absolute atomic E-state index is 13.2. The van der Waals surface area contributed by atoms with Crippen molar-refractivity contribution in [2.75, 3.05) is 49.6 Å². The van der Waals surface area contributed by atoms with E-state index < -0.39 is 0 Å². The molecule has 3 amide bonds. The highest BCUT2D eigenvalue weighted by Crippen LogP contribution is 2.26. The number of rotatable bonds is 3. The van der Waals surface area contributed by atoms with Crippen molar-refractivity contribution in [2.24, 2.45) is 0 Å². The summed E-state index contributed by atoms with van der Waals surface area (Å²) in [6.45, 7) is 6.01. The molecule has 2 aliphatic heterocycles. The quantitative estimate of drug-likeness (QED) is 0.763. The minimum Gasteiger partial charge on any atom is -0.365 e. The van der Waals surface area contributed by atoms with Crippen molar-refractivity contribution in [3.05, 3.63) is 59.7 Å². The Kier molecular flexibility index (Phi) is 5.67. The molecule has 1 fully saturated rings. The van der Waals surface area contributed by atoms with Crippen LogP contribution in [0.3, 0.4) is 0 Å². The molecule has 2 aromatic rings. The van der Waals surface area contributed by atoms with Crippen LogP contribution in [0.5, 0.6) is 0 Å². The van der Waals surface area contributed by atoms with Crippen LogP contribution >= 0.6 is 0 Å². The third-order valence-electron chi connectivity index (χ3n) is 6.05. The number of fused-ring (bicyclic) bond motifs is 1. The number of likely N-dealkylation sites (N-methyl/N-ethyl adjacent to an activating group) is 1. The van der Waals surface area contributed by atoms with Gasteiger partial charge in [0, 0.05) is 38.4 Å². The number of piperazine rings is 1. The van der Waals surface area contributed by atoms with E-state index in [1.807, 2.05) is 4.90 Å². The number of carbonyl (C=O) groups excluding carboxylic acids is 3. The molecule has 0 unspecified atom stereocenters. The van der Waals surface area contributed by atoms with Crippen LogP contribution in [0.1, 0.15) is 22.8 Å². The van der Waals surface area contributed by atoms with Crippen LogP contribution < -0.4 is 9.80 Å². The number of para-hydroxylation sites is 1. The fourth-order valence-corrected chi connectivity index (χ4v) is 4.37. The number of nitrogens with zero attached hydrogens (tertiary/aromatic N) is 4. The van der Waals surface area contributed by atoms with E-state index in [9.17, 15) is 14.4 Å².